The Balaban J connectivity index is 1.58. The summed E-state index contributed by atoms with van der Waals surface area (Å²) in [6, 6.07) is 8.04. The Morgan fingerprint density at radius 3 is 2.57 bits per heavy atom. The number of esters is 2. The summed E-state index contributed by atoms with van der Waals surface area (Å²) in [7, 11) is 0. The zero-order chi connectivity index (χ0) is 20.1. The standard InChI is InChI=1S/C20H22N2O6/c1-2-27-19(25)13-7-9-22(10-8-13)18(24)12-28-20(26)15-11-17(23)21-16-6-4-3-5-14(15)16/h3-6,11,13H,2,7-10,12H2,1H3,(H,21,23). The molecule has 8 heteroatoms. The van der Waals surface area contributed by atoms with E-state index in [-0.39, 0.29) is 23.4 Å². The topological polar surface area (TPSA) is 106 Å². The fraction of sp³-hybridized carbons (Fsp3) is 0.400. The van der Waals surface area contributed by atoms with Gasteiger partial charge in [0.2, 0.25) is 5.56 Å². The average Bonchev–Trinajstić information content (AvgIpc) is 2.71. The zero-order valence-corrected chi connectivity index (χ0v) is 15.6. The highest BCUT2D eigenvalue weighted by atomic mass is 16.5. The van der Waals surface area contributed by atoms with Crippen LogP contribution in [0, 0.1) is 5.92 Å². The normalized spacial score (nSPS) is 14.7. The molecule has 0 aliphatic carbocycles. The third kappa shape index (κ3) is 4.39. The molecule has 148 valence electrons. The number of benzene rings is 1. The molecule has 1 aliphatic rings. The van der Waals surface area contributed by atoms with E-state index in [1.54, 1.807) is 36.1 Å². The van der Waals surface area contributed by atoms with Gasteiger partial charge in [0.1, 0.15) is 0 Å². The molecule has 0 atom stereocenters. The molecular weight excluding hydrogens is 364 g/mol. The number of likely N-dealkylation sites (tertiary alicyclic amines) is 1. The average molecular weight is 386 g/mol. The smallest absolute Gasteiger partial charge is 0.339 e. The zero-order valence-electron chi connectivity index (χ0n) is 15.6. The maximum Gasteiger partial charge on any atom is 0.339 e. The number of pyridine rings is 1. The number of amides is 1. The van der Waals surface area contributed by atoms with Crippen molar-refractivity contribution in [2.24, 2.45) is 5.92 Å². The molecule has 1 N–H and O–H groups in total. The van der Waals surface area contributed by atoms with Gasteiger partial charge >= 0.3 is 11.9 Å². The van der Waals surface area contributed by atoms with Gasteiger partial charge in [0.15, 0.2) is 6.61 Å². The lowest BCUT2D eigenvalue weighted by Gasteiger charge is -2.30. The SMILES string of the molecule is CCOC(=O)C1CCN(C(=O)COC(=O)c2cc(=O)[nH]c3ccccc23)CC1. The molecule has 1 aromatic heterocycles. The number of nitrogens with zero attached hydrogens (tertiary/aromatic N) is 1. The van der Waals surface area contributed by atoms with Gasteiger partial charge < -0.3 is 19.4 Å². The van der Waals surface area contributed by atoms with E-state index in [1.807, 2.05) is 0 Å². The summed E-state index contributed by atoms with van der Waals surface area (Å²) in [4.78, 5) is 52.5. The largest absolute Gasteiger partial charge is 0.466 e. The molecule has 0 unspecified atom stereocenters. The fourth-order valence-corrected chi connectivity index (χ4v) is 3.29. The lowest BCUT2D eigenvalue weighted by molar-refractivity contribution is -0.151. The van der Waals surface area contributed by atoms with E-state index in [4.69, 9.17) is 9.47 Å². The minimum absolute atomic E-state index is 0.119. The molecule has 28 heavy (non-hydrogen) atoms. The van der Waals surface area contributed by atoms with Crippen LogP contribution in [0.1, 0.15) is 30.1 Å². The highest BCUT2D eigenvalue weighted by molar-refractivity contribution is 6.03. The molecule has 1 fully saturated rings. The van der Waals surface area contributed by atoms with Gasteiger partial charge in [-0.05, 0) is 25.8 Å². The number of ether oxygens (including phenoxy) is 2. The van der Waals surface area contributed by atoms with Crippen LogP contribution in [0.25, 0.3) is 10.9 Å². The highest BCUT2D eigenvalue weighted by Gasteiger charge is 2.28. The lowest BCUT2D eigenvalue weighted by Crippen LogP contribution is -2.42. The van der Waals surface area contributed by atoms with Gasteiger partial charge in [0.05, 0.1) is 18.1 Å². The maximum absolute atomic E-state index is 12.4. The second kappa shape index (κ2) is 8.69. The Bertz CT molecular complexity index is 943. The summed E-state index contributed by atoms with van der Waals surface area (Å²) in [5.41, 5.74) is 0.223. The summed E-state index contributed by atoms with van der Waals surface area (Å²) in [5, 5.41) is 0.551. The first kappa shape index (κ1) is 19.6. The molecule has 0 bridgehead atoms. The van der Waals surface area contributed by atoms with E-state index in [1.165, 1.54) is 6.07 Å². The number of aromatic amines is 1. The first-order valence-corrected chi connectivity index (χ1v) is 9.23. The van der Waals surface area contributed by atoms with Gasteiger partial charge in [-0.2, -0.15) is 0 Å². The van der Waals surface area contributed by atoms with Crippen molar-refractivity contribution in [2.75, 3.05) is 26.3 Å². The predicted octanol–water partition coefficient (Wildman–Crippen LogP) is 1.49. The quantitative estimate of drug-likeness (QED) is 0.781. The van der Waals surface area contributed by atoms with E-state index >= 15 is 0 Å². The van der Waals surface area contributed by atoms with Crippen LogP contribution in [0.4, 0.5) is 0 Å². The molecule has 0 radical (unpaired) electrons. The monoisotopic (exact) mass is 386 g/mol. The van der Waals surface area contributed by atoms with Crippen molar-refractivity contribution in [1.29, 1.82) is 0 Å². The van der Waals surface area contributed by atoms with Crippen LogP contribution >= 0.6 is 0 Å². The van der Waals surface area contributed by atoms with E-state index in [2.05, 4.69) is 4.98 Å². The second-order valence-corrected chi connectivity index (χ2v) is 6.58. The summed E-state index contributed by atoms with van der Waals surface area (Å²) in [6.45, 7) is 2.51. The summed E-state index contributed by atoms with van der Waals surface area (Å²) < 4.78 is 10.2. The Morgan fingerprint density at radius 1 is 1.14 bits per heavy atom. The van der Waals surface area contributed by atoms with Crippen molar-refractivity contribution >= 4 is 28.7 Å². The highest BCUT2D eigenvalue weighted by Crippen LogP contribution is 2.19. The van der Waals surface area contributed by atoms with Crippen molar-refractivity contribution in [3.05, 3.63) is 46.2 Å². The van der Waals surface area contributed by atoms with E-state index in [9.17, 15) is 19.2 Å². The van der Waals surface area contributed by atoms with Crippen LogP contribution in [-0.2, 0) is 19.1 Å². The third-order valence-electron chi connectivity index (χ3n) is 4.76. The maximum atomic E-state index is 12.4. The number of hydrogen-bond acceptors (Lipinski definition) is 6. The Labute approximate surface area is 161 Å². The number of para-hydroxylation sites is 1. The van der Waals surface area contributed by atoms with Crippen LogP contribution in [-0.4, -0.2) is 54.0 Å². The number of H-pyrrole nitrogens is 1. The van der Waals surface area contributed by atoms with Crippen molar-refractivity contribution in [3.8, 4) is 0 Å². The number of hydrogen-bond donors (Lipinski definition) is 1. The molecular formula is C20H22N2O6. The lowest BCUT2D eigenvalue weighted by atomic mass is 9.97. The van der Waals surface area contributed by atoms with Crippen LogP contribution < -0.4 is 5.56 Å². The third-order valence-corrected chi connectivity index (χ3v) is 4.76. The van der Waals surface area contributed by atoms with Crippen molar-refractivity contribution < 1.29 is 23.9 Å². The van der Waals surface area contributed by atoms with Gasteiger partial charge in [0.25, 0.3) is 5.91 Å². The molecule has 8 nitrogen and oxygen atoms in total. The number of nitrogens with one attached hydrogen (secondary N) is 1. The van der Waals surface area contributed by atoms with Crippen molar-refractivity contribution in [1.82, 2.24) is 9.88 Å². The number of carbonyl (C=O) groups excluding carboxylic acids is 3. The predicted molar refractivity (Wildman–Crippen MR) is 101 cm³/mol. The minimum atomic E-state index is -0.725. The van der Waals surface area contributed by atoms with Crippen LogP contribution in [0.15, 0.2) is 35.1 Å². The van der Waals surface area contributed by atoms with E-state index in [0.717, 1.165) is 0 Å². The van der Waals surface area contributed by atoms with Gasteiger partial charge in [-0.25, -0.2) is 4.79 Å². The molecule has 3 rings (SSSR count). The number of carbonyl (C=O) groups is 3. The first-order chi connectivity index (χ1) is 13.5. The Kier molecular flexibility index (Phi) is 6.08. The van der Waals surface area contributed by atoms with E-state index in [0.29, 0.717) is 43.4 Å². The fourth-order valence-electron chi connectivity index (χ4n) is 3.29. The van der Waals surface area contributed by atoms with Gasteiger partial charge in [-0.3, -0.25) is 14.4 Å². The molecule has 1 amide bonds. The van der Waals surface area contributed by atoms with Crippen molar-refractivity contribution in [2.45, 2.75) is 19.8 Å². The summed E-state index contributed by atoms with van der Waals surface area (Å²) >= 11 is 0. The summed E-state index contributed by atoms with van der Waals surface area (Å²) in [5.74, 6) is -1.49. The number of rotatable bonds is 5. The van der Waals surface area contributed by atoms with Gasteiger partial charge in [0, 0.05) is 30.1 Å². The second-order valence-electron chi connectivity index (χ2n) is 6.58. The number of aromatic nitrogens is 1. The van der Waals surface area contributed by atoms with Gasteiger partial charge in [-0.15, -0.1) is 0 Å². The Morgan fingerprint density at radius 2 is 1.86 bits per heavy atom. The number of fused-ring (bicyclic) bond motifs is 1. The Hall–Kier alpha value is -3.16. The molecule has 0 saturated carbocycles. The molecule has 2 heterocycles. The van der Waals surface area contributed by atoms with E-state index < -0.39 is 18.1 Å². The number of piperidine rings is 1. The molecule has 1 aliphatic heterocycles. The first-order valence-electron chi connectivity index (χ1n) is 9.23. The molecule has 0 spiro atoms. The molecule has 2 aromatic rings. The van der Waals surface area contributed by atoms with Crippen molar-refractivity contribution in [3.63, 3.8) is 0 Å². The minimum Gasteiger partial charge on any atom is -0.466 e. The molecule has 1 aromatic carbocycles. The van der Waals surface area contributed by atoms with Crippen LogP contribution in [0.2, 0.25) is 0 Å². The van der Waals surface area contributed by atoms with Gasteiger partial charge in [-0.1, -0.05) is 18.2 Å². The van der Waals surface area contributed by atoms with Crippen LogP contribution in [0.5, 0.6) is 0 Å². The van der Waals surface area contributed by atoms with Crippen LogP contribution in [0.3, 0.4) is 0 Å². The summed E-state index contributed by atoms with van der Waals surface area (Å²) in [6.07, 6.45) is 1.05. The molecule has 1 saturated heterocycles.